The number of amides is 2. The lowest BCUT2D eigenvalue weighted by Gasteiger charge is -2.17. The topological polar surface area (TPSA) is 109 Å². The maximum Gasteiger partial charge on any atom is 0.242 e. The molecule has 170 valence electrons. The van der Waals surface area contributed by atoms with E-state index in [1.807, 2.05) is 19.1 Å². The predicted molar refractivity (Wildman–Crippen MR) is 128 cm³/mol. The van der Waals surface area contributed by atoms with E-state index in [1.165, 1.54) is 11.1 Å². The lowest BCUT2D eigenvalue weighted by Crippen LogP contribution is -2.50. The first kappa shape index (κ1) is 26.7. The third kappa shape index (κ3) is 7.09. The monoisotopic (exact) mass is 467 g/mol. The Bertz CT molecular complexity index is 909. The van der Waals surface area contributed by atoms with Gasteiger partial charge >= 0.3 is 0 Å². The summed E-state index contributed by atoms with van der Waals surface area (Å²) < 4.78 is 0. The molecule has 0 bridgehead atoms. The van der Waals surface area contributed by atoms with Crippen LogP contribution in [0.2, 0.25) is 0 Å². The van der Waals surface area contributed by atoms with Gasteiger partial charge in [0.1, 0.15) is 11.9 Å². The highest BCUT2D eigenvalue weighted by atomic mass is 35.5. The molecule has 1 aromatic carbocycles. The van der Waals surface area contributed by atoms with E-state index in [1.54, 1.807) is 13.0 Å². The number of anilines is 1. The van der Waals surface area contributed by atoms with Crippen LogP contribution >= 0.6 is 24.8 Å². The Kier molecular flexibility index (Phi) is 10.2. The minimum absolute atomic E-state index is 0. The fourth-order valence-electron chi connectivity index (χ4n) is 3.62. The molecule has 0 spiro atoms. The highest BCUT2D eigenvalue weighted by Crippen LogP contribution is 2.26. The summed E-state index contributed by atoms with van der Waals surface area (Å²) in [7, 11) is 0. The molecule has 2 aromatic rings. The maximum absolute atomic E-state index is 12.6. The summed E-state index contributed by atoms with van der Waals surface area (Å²) in [6.07, 6.45) is 0.722. The Morgan fingerprint density at radius 2 is 1.97 bits per heavy atom. The van der Waals surface area contributed by atoms with Crippen molar-refractivity contribution in [2.24, 2.45) is 0 Å². The van der Waals surface area contributed by atoms with Crippen molar-refractivity contribution in [3.63, 3.8) is 0 Å². The predicted octanol–water partition coefficient (Wildman–Crippen LogP) is 2.39. The number of aromatic nitrogens is 1. The smallest absolute Gasteiger partial charge is 0.242 e. The number of benzene rings is 1. The number of rotatable bonds is 6. The molecule has 2 amide bonds. The van der Waals surface area contributed by atoms with Crippen LogP contribution in [0.3, 0.4) is 0 Å². The van der Waals surface area contributed by atoms with Gasteiger partial charge in [-0.05, 0) is 50.3 Å². The number of aryl methyl sites for hydroxylation is 2. The van der Waals surface area contributed by atoms with Crippen LogP contribution in [-0.4, -0.2) is 35.4 Å². The Morgan fingerprint density at radius 3 is 2.65 bits per heavy atom. The van der Waals surface area contributed by atoms with E-state index in [2.05, 4.69) is 46.1 Å². The number of nitrogens with zero attached hydrogens (tertiary/aromatic N) is 1. The molecule has 0 radical (unpaired) electrons. The van der Waals surface area contributed by atoms with Gasteiger partial charge in [0, 0.05) is 18.8 Å². The second-order valence-corrected chi connectivity index (χ2v) is 7.74. The fraction of sp³-hybridized carbons (Fsp3) is 0.409. The van der Waals surface area contributed by atoms with Crippen LogP contribution in [0, 0.1) is 13.8 Å². The summed E-state index contributed by atoms with van der Waals surface area (Å²) >= 11 is 0. The van der Waals surface area contributed by atoms with Crippen LogP contribution in [0.15, 0.2) is 36.4 Å². The molecule has 1 aliphatic rings. The van der Waals surface area contributed by atoms with Gasteiger partial charge in [-0.15, -0.1) is 24.8 Å². The zero-order valence-corrected chi connectivity index (χ0v) is 19.6. The van der Waals surface area contributed by atoms with E-state index in [4.69, 9.17) is 5.73 Å². The number of hydrogen-bond donors (Lipinski definition) is 4. The SMILES string of the molecule is Cc1cccc([C@H]2CN[C@@H](C(=O)N[C@@H](C)C(=O)NCc3ccc(N)nc3C)C2)c1.Cl.Cl. The zero-order valence-electron chi connectivity index (χ0n) is 18.0. The first-order valence-corrected chi connectivity index (χ1v) is 9.93. The molecule has 3 atom stereocenters. The van der Waals surface area contributed by atoms with Gasteiger partial charge in [-0.1, -0.05) is 35.9 Å². The number of nitrogens with one attached hydrogen (secondary N) is 3. The van der Waals surface area contributed by atoms with Crippen molar-refractivity contribution in [2.75, 3.05) is 12.3 Å². The molecular formula is C22H31Cl2N5O2. The van der Waals surface area contributed by atoms with Crippen LogP contribution in [0.4, 0.5) is 5.82 Å². The van der Waals surface area contributed by atoms with Crippen LogP contribution in [-0.2, 0) is 16.1 Å². The van der Waals surface area contributed by atoms with Crippen molar-refractivity contribution in [1.82, 2.24) is 20.9 Å². The molecule has 1 aromatic heterocycles. The van der Waals surface area contributed by atoms with Crippen molar-refractivity contribution in [1.29, 1.82) is 0 Å². The molecule has 7 nitrogen and oxygen atoms in total. The molecule has 0 saturated carbocycles. The number of nitrogen functional groups attached to an aromatic ring is 1. The number of carbonyl (C=O) groups excluding carboxylic acids is 2. The number of carbonyl (C=O) groups is 2. The molecule has 3 rings (SSSR count). The van der Waals surface area contributed by atoms with Gasteiger partial charge in [0.25, 0.3) is 0 Å². The van der Waals surface area contributed by atoms with E-state index in [0.717, 1.165) is 24.2 Å². The standard InChI is InChI=1S/C22H29N5O2.2ClH/c1-13-5-4-6-16(9-13)18-10-19(24-12-18)22(29)27-15(3)21(28)25-11-17-7-8-20(23)26-14(17)2;;/h4-9,15,18-19,24H,10-12H2,1-3H3,(H2,23,26)(H,25,28)(H,27,29);2*1H/t15-,18+,19+;;/m0../s1. The van der Waals surface area contributed by atoms with Gasteiger partial charge in [-0.25, -0.2) is 4.98 Å². The van der Waals surface area contributed by atoms with E-state index < -0.39 is 6.04 Å². The fourth-order valence-corrected chi connectivity index (χ4v) is 3.62. The molecule has 9 heteroatoms. The number of hydrogen-bond acceptors (Lipinski definition) is 5. The minimum Gasteiger partial charge on any atom is -0.384 e. The second kappa shape index (κ2) is 11.9. The zero-order chi connectivity index (χ0) is 21.0. The van der Waals surface area contributed by atoms with Gasteiger partial charge in [0.05, 0.1) is 6.04 Å². The lowest BCUT2D eigenvalue weighted by atomic mass is 9.95. The third-order valence-corrected chi connectivity index (χ3v) is 5.38. The Hall–Kier alpha value is -2.35. The molecule has 1 fully saturated rings. The molecule has 5 N–H and O–H groups in total. The number of pyridine rings is 1. The molecule has 2 heterocycles. The normalized spacial score (nSPS) is 18.3. The largest absolute Gasteiger partial charge is 0.384 e. The number of halogens is 2. The van der Waals surface area contributed by atoms with Crippen molar-refractivity contribution in [3.05, 3.63) is 58.8 Å². The Balaban J connectivity index is 0.00000240. The highest BCUT2D eigenvalue weighted by molar-refractivity contribution is 5.89. The average molecular weight is 468 g/mol. The summed E-state index contributed by atoms with van der Waals surface area (Å²) in [5.41, 5.74) is 9.78. The maximum atomic E-state index is 12.6. The summed E-state index contributed by atoms with van der Waals surface area (Å²) in [6, 6.07) is 11.0. The molecule has 0 aliphatic carbocycles. The van der Waals surface area contributed by atoms with Crippen molar-refractivity contribution in [2.45, 2.75) is 51.7 Å². The Labute approximate surface area is 195 Å². The highest BCUT2D eigenvalue weighted by Gasteiger charge is 2.31. The molecular weight excluding hydrogens is 437 g/mol. The summed E-state index contributed by atoms with van der Waals surface area (Å²) in [5.74, 6) is 0.373. The van der Waals surface area contributed by atoms with Crippen LogP contribution < -0.4 is 21.7 Å². The van der Waals surface area contributed by atoms with Crippen LogP contribution in [0.25, 0.3) is 0 Å². The lowest BCUT2D eigenvalue weighted by molar-refractivity contribution is -0.129. The quantitative estimate of drug-likeness (QED) is 0.521. The molecule has 31 heavy (non-hydrogen) atoms. The third-order valence-electron chi connectivity index (χ3n) is 5.38. The summed E-state index contributed by atoms with van der Waals surface area (Å²) in [6.45, 7) is 6.70. The van der Waals surface area contributed by atoms with Gasteiger partial charge in [-0.2, -0.15) is 0 Å². The summed E-state index contributed by atoms with van der Waals surface area (Å²) in [4.78, 5) is 29.2. The number of nitrogens with two attached hydrogens (primary N) is 1. The first-order valence-electron chi connectivity index (χ1n) is 9.93. The van der Waals surface area contributed by atoms with Crippen molar-refractivity contribution < 1.29 is 9.59 Å². The van der Waals surface area contributed by atoms with Gasteiger partial charge in [0.15, 0.2) is 0 Å². The van der Waals surface area contributed by atoms with Gasteiger partial charge in [-0.3, -0.25) is 9.59 Å². The van der Waals surface area contributed by atoms with E-state index in [0.29, 0.717) is 18.3 Å². The van der Waals surface area contributed by atoms with Gasteiger partial charge < -0.3 is 21.7 Å². The van der Waals surface area contributed by atoms with Gasteiger partial charge in [0.2, 0.25) is 11.8 Å². The minimum atomic E-state index is -0.621. The van der Waals surface area contributed by atoms with Crippen molar-refractivity contribution >= 4 is 42.4 Å². The second-order valence-electron chi connectivity index (χ2n) is 7.74. The molecule has 1 saturated heterocycles. The van der Waals surface area contributed by atoms with Crippen LogP contribution in [0.1, 0.15) is 41.6 Å². The average Bonchev–Trinajstić information content (AvgIpc) is 3.17. The first-order chi connectivity index (χ1) is 13.8. The Morgan fingerprint density at radius 1 is 1.23 bits per heavy atom. The molecule has 0 unspecified atom stereocenters. The van der Waals surface area contributed by atoms with Crippen LogP contribution in [0.5, 0.6) is 0 Å². The molecule has 1 aliphatic heterocycles. The van der Waals surface area contributed by atoms with E-state index in [-0.39, 0.29) is 42.7 Å². The van der Waals surface area contributed by atoms with Crippen molar-refractivity contribution in [3.8, 4) is 0 Å². The van der Waals surface area contributed by atoms with E-state index in [9.17, 15) is 9.59 Å². The summed E-state index contributed by atoms with van der Waals surface area (Å²) in [5, 5.41) is 8.93. The van der Waals surface area contributed by atoms with E-state index >= 15 is 0 Å².